The van der Waals surface area contributed by atoms with Crippen LogP contribution in [0.25, 0.3) is 5.76 Å². The van der Waals surface area contributed by atoms with Crippen molar-refractivity contribution in [3.05, 3.63) is 64.1 Å². The van der Waals surface area contributed by atoms with Gasteiger partial charge >= 0.3 is 0 Å². The van der Waals surface area contributed by atoms with Gasteiger partial charge in [-0.2, -0.15) is 0 Å². The summed E-state index contributed by atoms with van der Waals surface area (Å²) in [5.41, 5.74) is 2.38. The Kier molecular flexibility index (Phi) is 5.70. The van der Waals surface area contributed by atoms with Crippen LogP contribution in [-0.4, -0.2) is 42.0 Å². The first-order valence-electron chi connectivity index (χ1n) is 9.26. The number of carbonyl (C=O) groups excluding carboxylic acids is 2. The quantitative estimate of drug-likeness (QED) is 0.356. The molecule has 1 amide bonds. The summed E-state index contributed by atoms with van der Waals surface area (Å²) in [6.45, 7) is 6.35. The van der Waals surface area contributed by atoms with Gasteiger partial charge in [-0.1, -0.05) is 17.7 Å². The zero-order valence-electron chi connectivity index (χ0n) is 16.6. The molecule has 3 rings (SSSR count). The fourth-order valence-corrected chi connectivity index (χ4v) is 3.52. The molecule has 1 aliphatic rings. The second-order valence-electron chi connectivity index (χ2n) is 7.11. The molecule has 0 spiro atoms. The van der Waals surface area contributed by atoms with Crippen molar-refractivity contribution in [3.63, 3.8) is 0 Å². The van der Waals surface area contributed by atoms with E-state index >= 15 is 0 Å². The van der Waals surface area contributed by atoms with Gasteiger partial charge in [0.25, 0.3) is 11.7 Å². The van der Waals surface area contributed by atoms with E-state index in [9.17, 15) is 14.7 Å². The summed E-state index contributed by atoms with van der Waals surface area (Å²) in [7, 11) is 1.59. The molecular weight excluding hydrogens is 358 g/mol. The van der Waals surface area contributed by atoms with Crippen LogP contribution in [0.5, 0.6) is 0 Å². The molecule has 148 valence electrons. The van der Waals surface area contributed by atoms with Crippen LogP contribution in [-0.2, 0) is 14.3 Å². The van der Waals surface area contributed by atoms with Crippen LogP contribution >= 0.6 is 0 Å². The maximum absolute atomic E-state index is 12.9. The van der Waals surface area contributed by atoms with Crippen LogP contribution in [0.1, 0.15) is 40.7 Å². The van der Waals surface area contributed by atoms with Crippen molar-refractivity contribution in [1.82, 2.24) is 4.90 Å². The van der Waals surface area contributed by atoms with Gasteiger partial charge in [0, 0.05) is 25.8 Å². The fraction of sp³-hybridized carbons (Fsp3) is 0.364. The third-order valence-corrected chi connectivity index (χ3v) is 4.97. The Hall–Kier alpha value is -2.86. The fourth-order valence-electron chi connectivity index (χ4n) is 3.52. The number of nitrogens with zero attached hydrogens (tertiary/aromatic N) is 1. The highest BCUT2D eigenvalue weighted by molar-refractivity contribution is 6.46. The number of carbonyl (C=O) groups is 2. The van der Waals surface area contributed by atoms with Crippen molar-refractivity contribution in [2.75, 3.05) is 20.3 Å². The van der Waals surface area contributed by atoms with Gasteiger partial charge in [-0.3, -0.25) is 9.59 Å². The lowest BCUT2D eigenvalue weighted by Gasteiger charge is -2.23. The SMILES string of the molecule is COCCCN1C(=O)C(=O)/C(=C(/O)c2cc(C)ccc2C)C1c1ccc(C)o1. The van der Waals surface area contributed by atoms with Crippen molar-refractivity contribution >= 4 is 17.4 Å². The zero-order valence-corrected chi connectivity index (χ0v) is 16.6. The first kappa shape index (κ1) is 19.9. The second kappa shape index (κ2) is 8.02. The summed E-state index contributed by atoms with van der Waals surface area (Å²) in [4.78, 5) is 27.1. The Balaban J connectivity index is 2.14. The lowest BCUT2D eigenvalue weighted by atomic mass is 9.96. The smallest absolute Gasteiger partial charge is 0.295 e. The third kappa shape index (κ3) is 3.60. The van der Waals surface area contributed by atoms with Gasteiger partial charge < -0.3 is 19.2 Å². The highest BCUT2D eigenvalue weighted by Gasteiger charge is 2.47. The predicted octanol–water partition coefficient (Wildman–Crippen LogP) is 3.66. The number of aliphatic hydroxyl groups excluding tert-OH is 1. The number of benzene rings is 1. The van der Waals surface area contributed by atoms with Crippen molar-refractivity contribution in [2.45, 2.75) is 33.2 Å². The predicted molar refractivity (Wildman–Crippen MR) is 105 cm³/mol. The van der Waals surface area contributed by atoms with Crippen LogP contribution < -0.4 is 0 Å². The van der Waals surface area contributed by atoms with Crippen LogP contribution in [0.4, 0.5) is 0 Å². The molecule has 1 aromatic heterocycles. The van der Waals surface area contributed by atoms with Gasteiger partial charge in [-0.05, 0) is 51.0 Å². The summed E-state index contributed by atoms with van der Waals surface area (Å²) in [6, 6.07) is 8.39. The minimum Gasteiger partial charge on any atom is -0.507 e. The van der Waals surface area contributed by atoms with Crippen molar-refractivity contribution < 1.29 is 23.8 Å². The van der Waals surface area contributed by atoms with Crippen LogP contribution in [0.3, 0.4) is 0 Å². The van der Waals surface area contributed by atoms with Gasteiger partial charge in [-0.25, -0.2) is 0 Å². The Labute approximate surface area is 164 Å². The molecule has 6 nitrogen and oxygen atoms in total. The molecule has 0 radical (unpaired) electrons. The molecule has 0 aliphatic carbocycles. The number of methoxy groups -OCH3 is 1. The van der Waals surface area contributed by atoms with Crippen molar-refractivity contribution in [2.24, 2.45) is 0 Å². The molecular formula is C22H25NO5. The second-order valence-corrected chi connectivity index (χ2v) is 7.11. The van der Waals surface area contributed by atoms with E-state index in [-0.39, 0.29) is 11.3 Å². The van der Waals surface area contributed by atoms with Gasteiger partial charge in [-0.15, -0.1) is 0 Å². The standard InChI is InChI=1S/C22H25NO5/c1-13-6-7-14(2)16(12-13)20(24)18-19(17-9-8-15(3)28-17)23(10-5-11-27-4)22(26)21(18)25/h6-9,12,19,24H,5,10-11H2,1-4H3/b20-18+. The number of hydrogen-bond acceptors (Lipinski definition) is 5. The van der Waals surface area contributed by atoms with Crippen molar-refractivity contribution in [1.29, 1.82) is 0 Å². The Bertz CT molecular complexity index is 940. The monoisotopic (exact) mass is 383 g/mol. The van der Waals surface area contributed by atoms with Crippen LogP contribution in [0, 0.1) is 20.8 Å². The number of aryl methyl sites for hydroxylation is 3. The summed E-state index contributed by atoms with van der Waals surface area (Å²) in [5.74, 6) is -0.380. The van der Waals surface area contributed by atoms with Gasteiger partial charge in [0.15, 0.2) is 0 Å². The Morgan fingerprint density at radius 2 is 1.93 bits per heavy atom. The maximum atomic E-state index is 12.9. The number of Topliss-reactive ketones (excluding diaryl/α,β-unsaturated/α-hetero) is 1. The largest absolute Gasteiger partial charge is 0.507 e. The van der Waals surface area contributed by atoms with Gasteiger partial charge in [0.2, 0.25) is 0 Å². The van der Waals surface area contributed by atoms with Crippen LogP contribution in [0.2, 0.25) is 0 Å². The zero-order chi connectivity index (χ0) is 20.4. The topological polar surface area (TPSA) is 80.0 Å². The number of rotatable bonds is 6. The molecule has 1 unspecified atom stereocenters. The van der Waals surface area contributed by atoms with E-state index in [0.29, 0.717) is 36.7 Å². The number of aliphatic hydroxyl groups is 1. The lowest BCUT2D eigenvalue weighted by Crippen LogP contribution is -2.31. The van der Waals surface area contributed by atoms with Crippen molar-refractivity contribution in [3.8, 4) is 0 Å². The number of amides is 1. The van der Waals surface area contributed by atoms with E-state index in [1.807, 2.05) is 32.0 Å². The molecule has 1 N–H and O–H groups in total. The first-order valence-corrected chi connectivity index (χ1v) is 9.26. The summed E-state index contributed by atoms with van der Waals surface area (Å²) >= 11 is 0. The summed E-state index contributed by atoms with van der Waals surface area (Å²) in [6.07, 6.45) is 0.573. The molecule has 1 aromatic carbocycles. The molecule has 1 atom stereocenters. The van der Waals surface area contributed by atoms with Crippen LogP contribution in [0.15, 0.2) is 40.3 Å². The minimum atomic E-state index is -0.759. The maximum Gasteiger partial charge on any atom is 0.295 e. The molecule has 1 saturated heterocycles. The molecule has 28 heavy (non-hydrogen) atoms. The average Bonchev–Trinajstić information content (AvgIpc) is 3.19. The number of furan rings is 1. The van der Waals surface area contributed by atoms with E-state index in [1.54, 1.807) is 26.2 Å². The molecule has 6 heteroatoms. The van der Waals surface area contributed by atoms with E-state index in [2.05, 4.69) is 0 Å². The van der Waals surface area contributed by atoms with E-state index in [1.165, 1.54) is 4.90 Å². The highest BCUT2D eigenvalue weighted by atomic mass is 16.5. The van der Waals surface area contributed by atoms with E-state index < -0.39 is 17.7 Å². The molecule has 0 saturated carbocycles. The number of likely N-dealkylation sites (tertiary alicyclic amines) is 1. The average molecular weight is 383 g/mol. The van der Waals surface area contributed by atoms with Gasteiger partial charge in [0.05, 0.1) is 5.57 Å². The van der Waals surface area contributed by atoms with E-state index in [4.69, 9.17) is 9.15 Å². The first-order chi connectivity index (χ1) is 13.3. The normalized spacial score (nSPS) is 18.9. The Morgan fingerprint density at radius 1 is 1.18 bits per heavy atom. The highest BCUT2D eigenvalue weighted by Crippen LogP contribution is 2.40. The number of ketones is 1. The van der Waals surface area contributed by atoms with E-state index in [0.717, 1.165) is 11.1 Å². The minimum absolute atomic E-state index is 0.0606. The lowest BCUT2D eigenvalue weighted by molar-refractivity contribution is -0.140. The molecule has 1 fully saturated rings. The molecule has 2 aromatic rings. The summed E-state index contributed by atoms with van der Waals surface area (Å²) in [5, 5.41) is 11.1. The number of ether oxygens (including phenoxy) is 1. The molecule has 0 bridgehead atoms. The molecule has 2 heterocycles. The summed E-state index contributed by atoms with van der Waals surface area (Å²) < 4.78 is 10.8. The Morgan fingerprint density at radius 3 is 2.57 bits per heavy atom. The third-order valence-electron chi connectivity index (χ3n) is 4.97. The number of hydrogen-bond donors (Lipinski definition) is 1. The molecule has 1 aliphatic heterocycles. The van der Waals surface area contributed by atoms with Gasteiger partial charge in [0.1, 0.15) is 23.3 Å².